The Bertz CT molecular complexity index is 1200. The van der Waals surface area contributed by atoms with Crippen molar-refractivity contribution in [2.24, 2.45) is 0 Å². The number of thiazole rings is 1. The van der Waals surface area contributed by atoms with Crippen LogP contribution in [0, 0.1) is 5.82 Å². The van der Waals surface area contributed by atoms with Gasteiger partial charge in [0.05, 0.1) is 16.9 Å². The molecule has 0 bridgehead atoms. The summed E-state index contributed by atoms with van der Waals surface area (Å²) in [5.41, 5.74) is 1.23. The lowest BCUT2D eigenvalue weighted by Gasteiger charge is -2.17. The average molecular weight is 380 g/mol. The molecule has 0 atom stereocenters. The summed E-state index contributed by atoms with van der Waals surface area (Å²) in [4.78, 5) is 30.3. The molecule has 134 valence electrons. The molecule has 0 aliphatic carbocycles. The Kier molecular flexibility index (Phi) is 4.29. The van der Waals surface area contributed by atoms with Crippen molar-refractivity contribution in [1.29, 1.82) is 0 Å². The molecule has 0 fully saturated rings. The molecule has 4 aromatic rings. The van der Waals surface area contributed by atoms with E-state index < -0.39 is 11.4 Å². The molecule has 0 radical (unpaired) electrons. The predicted molar refractivity (Wildman–Crippen MR) is 103 cm³/mol. The number of hydrogen-bond donors (Lipinski definition) is 0. The molecule has 0 spiro atoms. The molecule has 5 nitrogen and oxygen atoms in total. The summed E-state index contributed by atoms with van der Waals surface area (Å²) in [6.07, 6.45) is 0. The van der Waals surface area contributed by atoms with E-state index in [0.717, 1.165) is 5.39 Å². The first-order chi connectivity index (χ1) is 13.0. The molecule has 2 aromatic heterocycles. The second-order valence-corrected chi connectivity index (χ2v) is 6.67. The summed E-state index contributed by atoms with van der Waals surface area (Å²) < 4.78 is 18.5. The predicted octanol–water partition coefficient (Wildman–Crippen LogP) is 4.74. The van der Waals surface area contributed by atoms with Crippen LogP contribution >= 0.6 is 11.3 Å². The summed E-state index contributed by atoms with van der Waals surface area (Å²) in [6.45, 7) is 1.40. The molecule has 4 rings (SSSR count). The van der Waals surface area contributed by atoms with Gasteiger partial charge in [0, 0.05) is 17.7 Å². The first kappa shape index (κ1) is 17.1. The van der Waals surface area contributed by atoms with Crippen molar-refractivity contribution < 1.29 is 13.6 Å². The van der Waals surface area contributed by atoms with Gasteiger partial charge in [-0.25, -0.2) is 14.2 Å². The number of amides is 1. The average Bonchev–Trinajstić information content (AvgIpc) is 3.12. The third-order valence-corrected chi connectivity index (χ3v) is 4.83. The number of fused-ring (bicyclic) bond motifs is 1. The van der Waals surface area contributed by atoms with Crippen molar-refractivity contribution >= 4 is 39.0 Å². The highest BCUT2D eigenvalue weighted by molar-refractivity contribution is 7.14. The number of benzene rings is 2. The quantitative estimate of drug-likeness (QED) is 0.482. The third-order valence-electron chi connectivity index (χ3n) is 4.00. The van der Waals surface area contributed by atoms with Crippen LogP contribution in [0.1, 0.15) is 6.92 Å². The highest BCUT2D eigenvalue weighted by Crippen LogP contribution is 2.32. The topological polar surface area (TPSA) is 63.4 Å². The van der Waals surface area contributed by atoms with Gasteiger partial charge >= 0.3 is 5.63 Å². The molecular formula is C20H13FN2O3S. The lowest BCUT2D eigenvalue weighted by Crippen LogP contribution is -2.22. The summed E-state index contributed by atoms with van der Waals surface area (Å²) in [7, 11) is 0. The van der Waals surface area contributed by atoms with Crippen LogP contribution in [0.2, 0.25) is 0 Å². The molecule has 2 aromatic carbocycles. The molecule has 0 aliphatic rings. The van der Waals surface area contributed by atoms with Gasteiger partial charge in [-0.05, 0) is 36.4 Å². The second-order valence-electron chi connectivity index (χ2n) is 5.83. The van der Waals surface area contributed by atoms with E-state index in [1.165, 1.54) is 47.4 Å². The van der Waals surface area contributed by atoms with E-state index in [-0.39, 0.29) is 5.91 Å². The van der Waals surface area contributed by atoms with Crippen LogP contribution in [-0.4, -0.2) is 10.9 Å². The van der Waals surface area contributed by atoms with Crippen LogP contribution in [0.15, 0.2) is 69.2 Å². The smallest absolute Gasteiger partial charge is 0.345 e. The molecule has 1 amide bonds. The van der Waals surface area contributed by atoms with Crippen molar-refractivity contribution in [3.05, 3.63) is 76.2 Å². The maximum Gasteiger partial charge on any atom is 0.345 e. The largest absolute Gasteiger partial charge is 0.422 e. The Morgan fingerprint density at radius 3 is 2.63 bits per heavy atom. The molecule has 0 unspecified atom stereocenters. The Hall–Kier alpha value is -3.32. The van der Waals surface area contributed by atoms with Crippen LogP contribution in [0.3, 0.4) is 0 Å². The standard InChI is InChI=1S/C20H13FN2O3S/c1-12(24)23(15-8-6-14(21)7-9-15)20-22-17(11-27-20)16-10-13-4-2-3-5-18(13)26-19(16)25/h2-11H,1H3. The van der Waals surface area contributed by atoms with E-state index in [1.807, 2.05) is 12.1 Å². The van der Waals surface area contributed by atoms with Gasteiger partial charge in [0.2, 0.25) is 5.91 Å². The molecule has 7 heteroatoms. The van der Waals surface area contributed by atoms with Crippen molar-refractivity contribution in [3.8, 4) is 11.3 Å². The number of rotatable bonds is 3. The van der Waals surface area contributed by atoms with E-state index in [2.05, 4.69) is 4.98 Å². The number of anilines is 2. The molecule has 0 saturated carbocycles. The molecule has 0 N–H and O–H groups in total. The lowest BCUT2D eigenvalue weighted by molar-refractivity contribution is -0.115. The van der Waals surface area contributed by atoms with Crippen molar-refractivity contribution in [2.75, 3.05) is 4.90 Å². The van der Waals surface area contributed by atoms with Gasteiger partial charge in [0.15, 0.2) is 5.13 Å². The maximum absolute atomic E-state index is 13.2. The summed E-state index contributed by atoms with van der Waals surface area (Å²) >= 11 is 1.21. The number of para-hydroxylation sites is 1. The third kappa shape index (κ3) is 3.24. The summed E-state index contributed by atoms with van der Waals surface area (Å²) in [5.74, 6) is -0.663. The molecule has 2 heterocycles. The highest BCUT2D eigenvalue weighted by atomic mass is 32.1. The van der Waals surface area contributed by atoms with Crippen molar-refractivity contribution in [3.63, 3.8) is 0 Å². The fourth-order valence-electron chi connectivity index (χ4n) is 2.75. The number of carbonyl (C=O) groups is 1. The molecule has 0 saturated heterocycles. The Morgan fingerprint density at radius 2 is 1.89 bits per heavy atom. The fraction of sp³-hybridized carbons (Fsp3) is 0.0500. The van der Waals surface area contributed by atoms with Crippen molar-refractivity contribution in [2.45, 2.75) is 6.92 Å². The van der Waals surface area contributed by atoms with Crippen molar-refractivity contribution in [1.82, 2.24) is 4.98 Å². The molecule has 27 heavy (non-hydrogen) atoms. The Morgan fingerprint density at radius 1 is 1.15 bits per heavy atom. The van der Waals surface area contributed by atoms with Gasteiger partial charge in [0.25, 0.3) is 0 Å². The first-order valence-electron chi connectivity index (χ1n) is 8.08. The minimum Gasteiger partial charge on any atom is -0.422 e. The van der Waals surface area contributed by atoms with Crippen LogP contribution in [0.4, 0.5) is 15.2 Å². The minimum absolute atomic E-state index is 0.270. The van der Waals surface area contributed by atoms with Crippen LogP contribution in [0.5, 0.6) is 0 Å². The Labute approximate surface area is 157 Å². The number of nitrogens with zero attached hydrogens (tertiary/aromatic N) is 2. The number of carbonyl (C=O) groups excluding carboxylic acids is 1. The first-order valence-corrected chi connectivity index (χ1v) is 8.96. The SMILES string of the molecule is CC(=O)N(c1ccc(F)cc1)c1nc(-c2cc3ccccc3oc2=O)cs1. The van der Waals surface area contributed by atoms with Crippen LogP contribution in [0.25, 0.3) is 22.2 Å². The minimum atomic E-state index is -0.498. The number of halogens is 1. The van der Waals surface area contributed by atoms with Gasteiger partial charge < -0.3 is 4.42 Å². The molecule has 0 aliphatic heterocycles. The zero-order valence-electron chi connectivity index (χ0n) is 14.2. The lowest BCUT2D eigenvalue weighted by atomic mass is 10.1. The van der Waals surface area contributed by atoms with E-state index in [4.69, 9.17) is 4.42 Å². The van der Waals surface area contributed by atoms with Gasteiger partial charge in [0.1, 0.15) is 11.4 Å². The zero-order valence-corrected chi connectivity index (χ0v) is 15.0. The fourth-order valence-corrected chi connectivity index (χ4v) is 3.64. The van der Waals surface area contributed by atoms with Crippen LogP contribution < -0.4 is 10.5 Å². The molecular weight excluding hydrogens is 367 g/mol. The maximum atomic E-state index is 13.2. The van der Waals surface area contributed by atoms with Gasteiger partial charge in [-0.3, -0.25) is 9.69 Å². The highest BCUT2D eigenvalue weighted by Gasteiger charge is 2.20. The van der Waals surface area contributed by atoms with Gasteiger partial charge in [-0.1, -0.05) is 18.2 Å². The van der Waals surface area contributed by atoms with E-state index >= 15 is 0 Å². The second kappa shape index (κ2) is 6.77. The summed E-state index contributed by atoms with van der Waals surface area (Å²) in [5, 5.41) is 2.86. The normalized spacial score (nSPS) is 10.9. The van der Waals surface area contributed by atoms with E-state index in [9.17, 15) is 14.0 Å². The zero-order chi connectivity index (χ0) is 19.0. The number of hydrogen-bond acceptors (Lipinski definition) is 5. The Balaban J connectivity index is 1.78. The summed E-state index contributed by atoms with van der Waals surface area (Å²) in [6, 6.07) is 14.5. The number of aromatic nitrogens is 1. The van der Waals surface area contributed by atoms with E-state index in [1.54, 1.807) is 23.6 Å². The van der Waals surface area contributed by atoms with Gasteiger partial charge in [-0.2, -0.15) is 0 Å². The monoisotopic (exact) mass is 380 g/mol. The van der Waals surface area contributed by atoms with Crippen LogP contribution in [-0.2, 0) is 4.79 Å². The van der Waals surface area contributed by atoms with E-state index in [0.29, 0.717) is 27.7 Å². The van der Waals surface area contributed by atoms with Gasteiger partial charge in [-0.15, -0.1) is 11.3 Å².